The Bertz CT molecular complexity index is 857. The first-order chi connectivity index (χ1) is 14.7. The van der Waals surface area contributed by atoms with Crippen LogP contribution in [0.15, 0.2) is 30.3 Å². The summed E-state index contributed by atoms with van der Waals surface area (Å²) in [7, 11) is 4.91. The number of halogens is 1. The van der Waals surface area contributed by atoms with E-state index in [1.807, 2.05) is 12.1 Å². The van der Waals surface area contributed by atoms with Crippen molar-refractivity contribution in [3.05, 3.63) is 41.5 Å². The van der Waals surface area contributed by atoms with Crippen LogP contribution in [-0.2, 0) is 12.0 Å². The van der Waals surface area contributed by atoms with E-state index in [9.17, 15) is 0 Å². The van der Waals surface area contributed by atoms with Crippen LogP contribution in [-0.4, -0.2) is 41.1 Å². The molecule has 0 atom stereocenters. The van der Waals surface area contributed by atoms with Crippen LogP contribution in [0.3, 0.4) is 0 Å². The molecule has 1 aliphatic carbocycles. The van der Waals surface area contributed by atoms with Gasteiger partial charge in [0.2, 0.25) is 5.75 Å². The van der Waals surface area contributed by atoms with Gasteiger partial charge in [-0.2, -0.15) is 0 Å². The molecule has 2 aromatic carbocycles. The fourth-order valence-electron chi connectivity index (χ4n) is 4.68. The van der Waals surface area contributed by atoms with Crippen molar-refractivity contribution >= 4 is 12.4 Å². The highest BCUT2D eigenvalue weighted by atomic mass is 35.5. The number of hydrogen-bond acceptors (Lipinski definition) is 6. The van der Waals surface area contributed by atoms with E-state index in [1.165, 1.54) is 31.2 Å². The number of methoxy groups -OCH3 is 3. The van der Waals surface area contributed by atoms with E-state index in [1.54, 1.807) is 21.3 Å². The molecule has 1 aliphatic heterocycles. The molecule has 170 valence electrons. The molecule has 1 fully saturated rings. The van der Waals surface area contributed by atoms with Crippen molar-refractivity contribution in [1.82, 2.24) is 5.32 Å². The first-order valence-corrected chi connectivity index (χ1v) is 10.6. The molecule has 0 bridgehead atoms. The van der Waals surface area contributed by atoms with Gasteiger partial charge in [0.25, 0.3) is 0 Å². The average molecular weight is 450 g/mol. The van der Waals surface area contributed by atoms with Gasteiger partial charge < -0.3 is 29.0 Å². The average Bonchev–Trinajstić information content (AvgIpc) is 3.28. The van der Waals surface area contributed by atoms with Gasteiger partial charge in [0.15, 0.2) is 23.0 Å². The molecule has 1 N–H and O–H groups in total. The highest BCUT2D eigenvalue weighted by Crippen LogP contribution is 2.44. The number of fused-ring (bicyclic) bond motifs is 1. The zero-order valence-electron chi connectivity index (χ0n) is 18.5. The summed E-state index contributed by atoms with van der Waals surface area (Å²) in [6.07, 6.45) is 4.85. The van der Waals surface area contributed by atoms with Crippen LogP contribution in [0.1, 0.15) is 36.8 Å². The van der Waals surface area contributed by atoms with Crippen molar-refractivity contribution in [2.24, 2.45) is 0 Å². The molecule has 0 radical (unpaired) electrons. The molecular weight excluding hydrogens is 418 g/mol. The minimum absolute atomic E-state index is 0. The zero-order valence-corrected chi connectivity index (χ0v) is 19.3. The third-order valence-electron chi connectivity index (χ3n) is 6.23. The first-order valence-electron chi connectivity index (χ1n) is 10.6. The van der Waals surface area contributed by atoms with Crippen molar-refractivity contribution in [3.63, 3.8) is 0 Å². The first kappa shape index (κ1) is 23.4. The van der Waals surface area contributed by atoms with Gasteiger partial charge in [-0.05, 0) is 48.2 Å². The Kier molecular flexibility index (Phi) is 7.79. The smallest absolute Gasteiger partial charge is 0.203 e. The summed E-state index contributed by atoms with van der Waals surface area (Å²) in [5, 5.41) is 3.68. The third kappa shape index (κ3) is 4.80. The predicted molar refractivity (Wildman–Crippen MR) is 123 cm³/mol. The number of ether oxygens (including phenoxy) is 5. The Morgan fingerprint density at radius 3 is 2.13 bits per heavy atom. The van der Waals surface area contributed by atoms with Gasteiger partial charge in [0.05, 0.1) is 21.3 Å². The Balaban J connectivity index is 0.00000272. The molecule has 2 aromatic rings. The summed E-state index contributed by atoms with van der Waals surface area (Å²) in [6.45, 7) is 2.86. The second kappa shape index (κ2) is 10.3. The van der Waals surface area contributed by atoms with Crippen molar-refractivity contribution in [2.45, 2.75) is 37.6 Å². The number of rotatable bonds is 8. The van der Waals surface area contributed by atoms with Crippen LogP contribution in [0, 0.1) is 0 Å². The second-order valence-corrected chi connectivity index (χ2v) is 7.98. The molecular formula is C24H32ClNO5. The maximum Gasteiger partial charge on any atom is 0.203 e. The topological polar surface area (TPSA) is 58.2 Å². The van der Waals surface area contributed by atoms with Gasteiger partial charge in [-0.1, -0.05) is 18.9 Å². The molecule has 7 heteroatoms. The Morgan fingerprint density at radius 2 is 1.52 bits per heavy atom. The quantitative estimate of drug-likeness (QED) is 0.640. The van der Waals surface area contributed by atoms with Crippen LogP contribution >= 0.6 is 12.4 Å². The summed E-state index contributed by atoms with van der Waals surface area (Å²) in [4.78, 5) is 0. The zero-order chi connectivity index (χ0) is 21.0. The van der Waals surface area contributed by atoms with Crippen LogP contribution in [0.4, 0.5) is 0 Å². The van der Waals surface area contributed by atoms with Gasteiger partial charge in [-0.3, -0.25) is 0 Å². The largest absolute Gasteiger partial charge is 0.493 e. The number of nitrogens with one attached hydrogen (secondary N) is 1. The minimum Gasteiger partial charge on any atom is -0.493 e. The molecule has 6 nitrogen and oxygen atoms in total. The number of hydrogen-bond donors (Lipinski definition) is 1. The van der Waals surface area contributed by atoms with Crippen molar-refractivity contribution in [1.29, 1.82) is 0 Å². The molecule has 1 heterocycles. The summed E-state index contributed by atoms with van der Waals surface area (Å²) < 4.78 is 27.9. The van der Waals surface area contributed by atoms with E-state index in [2.05, 4.69) is 23.5 Å². The van der Waals surface area contributed by atoms with Crippen LogP contribution in [0.25, 0.3) is 0 Å². The van der Waals surface area contributed by atoms with Gasteiger partial charge in [0, 0.05) is 18.5 Å². The van der Waals surface area contributed by atoms with Crippen molar-refractivity contribution < 1.29 is 23.7 Å². The molecule has 2 aliphatic rings. The molecule has 0 saturated heterocycles. The highest BCUT2D eigenvalue weighted by Gasteiger charge is 2.36. The van der Waals surface area contributed by atoms with Crippen molar-refractivity contribution in [3.8, 4) is 28.7 Å². The molecule has 0 spiro atoms. The van der Waals surface area contributed by atoms with E-state index in [4.69, 9.17) is 23.7 Å². The van der Waals surface area contributed by atoms with Crippen LogP contribution in [0.5, 0.6) is 28.7 Å². The maximum atomic E-state index is 5.83. The third-order valence-corrected chi connectivity index (χ3v) is 6.23. The SMILES string of the molecule is COc1cc(CNCC2(c3ccc4c(c3)OCCO4)CCCC2)cc(OC)c1OC.Cl. The molecule has 31 heavy (non-hydrogen) atoms. The fourth-order valence-corrected chi connectivity index (χ4v) is 4.68. The summed E-state index contributed by atoms with van der Waals surface area (Å²) >= 11 is 0. The normalized spacial score (nSPS) is 16.4. The molecule has 0 unspecified atom stereocenters. The van der Waals surface area contributed by atoms with E-state index in [0.717, 1.165) is 30.2 Å². The molecule has 0 aromatic heterocycles. The monoisotopic (exact) mass is 449 g/mol. The highest BCUT2D eigenvalue weighted by molar-refractivity contribution is 5.85. The van der Waals surface area contributed by atoms with Crippen molar-refractivity contribution in [2.75, 3.05) is 41.1 Å². The lowest BCUT2D eigenvalue weighted by molar-refractivity contribution is 0.171. The standard InChI is InChI=1S/C24H31NO5.ClH/c1-26-21-12-17(13-22(27-2)23(21)28-3)15-25-16-24(8-4-5-9-24)18-6-7-19-20(14-18)30-11-10-29-19;/h6-7,12-14,25H,4-5,8-11,15-16H2,1-3H3;1H. The lowest BCUT2D eigenvalue weighted by Crippen LogP contribution is -2.35. The maximum absolute atomic E-state index is 5.83. The van der Waals surface area contributed by atoms with E-state index < -0.39 is 0 Å². The summed E-state index contributed by atoms with van der Waals surface area (Å²) in [5.41, 5.74) is 2.55. The molecule has 4 rings (SSSR count). The lowest BCUT2D eigenvalue weighted by Gasteiger charge is -2.31. The summed E-state index contributed by atoms with van der Waals surface area (Å²) in [5.74, 6) is 3.69. The Hall–Kier alpha value is -2.31. The van der Waals surface area contributed by atoms with Gasteiger partial charge >= 0.3 is 0 Å². The lowest BCUT2D eigenvalue weighted by atomic mass is 9.78. The van der Waals surface area contributed by atoms with Gasteiger partial charge in [-0.25, -0.2) is 0 Å². The minimum atomic E-state index is 0. The van der Waals surface area contributed by atoms with Crippen LogP contribution in [0.2, 0.25) is 0 Å². The number of benzene rings is 2. The summed E-state index contributed by atoms with van der Waals surface area (Å²) in [6, 6.07) is 10.4. The molecule has 1 saturated carbocycles. The van der Waals surface area contributed by atoms with E-state index >= 15 is 0 Å². The predicted octanol–water partition coefficient (Wildman–Crippen LogP) is 4.51. The van der Waals surface area contributed by atoms with Gasteiger partial charge in [0.1, 0.15) is 13.2 Å². The second-order valence-electron chi connectivity index (χ2n) is 7.98. The fraction of sp³-hybridized carbons (Fsp3) is 0.500. The Labute approximate surface area is 190 Å². The van der Waals surface area contributed by atoms with E-state index in [-0.39, 0.29) is 17.8 Å². The van der Waals surface area contributed by atoms with Crippen LogP contribution < -0.4 is 29.0 Å². The molecule has 0 amide bonds. The Morgan fingerprint density at radius 1 is 0.871 bits per heavy atom. The van der Waals surface area contributed by atoms with E-state index in [0.29, 0.717) is 30.5 Å². The van der Waals surface area contributed by atoms with Gasteiger partial charge in [-0.15, -0.1) is 12.4 Å².